The van der Waals surface area contributed by atoms with Crippen molar-refractivity contribution < 1.29 is 82.0 Å². The van der Waals surface area contributed by atoms with Crippen LogP contribution in [-0.4, -0.2) is 17.1 Å². The maximum absolute atomic E-state index is 12.5. The molecule has 0 aliphatic heterocycles. The summed E-state index contributed by atoms with van der Waals surface area (Å²) >= 11 is 0. The molecule has 2 rings (SSSR count). The molecule has 0 unspecified atom stereocenters. The van der Waals surface area contributed by atoms with E-state index in [9.17, 15) is 26.1 Å². The summed E-state index contributed by atoms with van der Waals surface area (Å²) in [5.41, 5.74) is -1.15. The Bertz CT molecular complexity index is 597. The van der Waals surface area contributed by atoms with Gasteiger partial charge in [-0.05, 0) is 0 Å². The molecule has 0 fully saturated rings. The number of nitrogens with zero attached hydrogens (tertiary/aromatic N) is 2. The van der Waals surface area contributed by atoms with Gasteiger partial charge in [0.2, 0.25) is 5.82 Å². The third-order valence-electron chi connectivity index (χ3n) is 2.19. The van der Waals surface area contributed by atoms with E-state index in [0.29, 0.717) is 6.07 Å². The second-order valence-corrected chi connectivity index (χ2v) is 3.62. The molecular weight excluding hydrogens is 316 g/mol. The molecule has 20 heavy (non-hydrogen) atoms. The van der Waals surface area contributed by atoms with Crippen LogP contribution >= 0.6 is 0 Å². The van der Waals surface area contributed by atoms with Gasteiger partial charge in [-0.25, -0.2) is 0 Å². The average Bonchev–Trinajstić information content (AvgIpc) is 2.77. The van der Waals surface area contributed by atoms with Crippen molar-refractivity contribution in [3.8, 4) is 11.4 Å². The zero-order chi connectivity index (χ0) is 14.3. The van der Waals surface area contributed by atoms with E-state index in [2.05, 4.69) is 14.7 Å². The first kappa shape index (κ1) is 17.7. The molecule has 0 bridgehead atoms. The van der Waals surface area contributed by atoms with Gasteiger partial charge in [0.25, 0.3) is 0 Å². The number of benzene rings is 1. The molecule has 11 heteroatoms. The maximum atomic E-state index is 12.5. The molecule has 0 aliphatic carbocycles. The first-order chi connectivity index (χ1) is 8.68. The van der Waals surface area contributed by atoms with E-state index in [1.807, 2.05) is 0 Å². The largest absolute Gasteiger partial charge is 1.00 e. The van der Waals surface area contributed by atoms with Crippen molar-refractivity contribution in [2.75, 3.05) is 0 Å². The van der Waals surface area contributed by atoms with Crippen molar-refractivity contribution in [1.82, 2.24) is 10.1 Å². The Labute approximate surface area is 151 Å². The summed E-state index contributed by atoms with van der Waals surface area (Å²) in [5.74, 6) is -2.15. The summed E-state index contributed by atoms with van der Waals surface area (Å²) < 4.78 is 78.1. The zero-order valence-electron chi connectivity index (χ0n) is 9.96. The molecule has 0 saturated heterocycles. The van der Waals surface area contributed by atoms with Gasteiger partial charge < -0.3 is 17.5 Å². The molecule has 1 aromatic carbocycles. The molecule has 102 valence electrons. The van der Waals surface area contributed by atoms with E-state index in [1.165, 1.54) is 0 Å². The minimum atomic E-state index is -5.25. The Morgan fingerprint density at radius 2 is 1.75 bits per heavy atom. The van der Waals surface area contributed by atoms with Crippen LogP contribution in [0.4, 0.5) is 26.1 Å². The van der Waals surface area contributed by atoms with E-state index in [-0.39, 0.29) is 56.9 Å². The van der Waals surface area contributed by atoms with Crippen LogP contribution in [0.2, 0.25) is 0 Å². The summed E-state index contributed by atoms with van der Waals surface area (Å²) in [4.78, 5) is 3.01. The standard InChI is InChI=1S/C9H4BF6N2O.K/c11-9(12,13)8-17-7(18-19-8)5-2-1-3-6(4-5)10(14,15)16;/h1-4H;/q-1;+1. The van der Waals surface area contributed by atoms with Gasteiger partial charge in [-0.2, -0.15) is 18.2 Å². The molecule has 2 aromatic rings. The van der Waals surface area contributed by atoms with E-state index in [1.54, 1.807) is 0 Å². The van der Waals surface area contributed by atoms with Crippen LogP contribution in [0.15, 0.2) is 28.8 Å². The molecule has 0 atom stereocenters. The monoisotopic (exact) mass is 320 g/mol. The van der Waals surface area contributed by atoms with Gasteiger partial charge in [0.05, 0.1) is 0 Å². The molecule has 0 spiro atoms. The summed E-state index contributed by atoms with van der Waals surface area (Å²) in [7, 11) is 0. The van der Waals surface area contributed by atoms with Crippen LogP contribution in [0.25, 0.3) is 11.4 Å². The number of hydrogen-bond donors (Lipinski definition) is 0. The normalized spacial score (nSPS) is 12.1. The molecule has 1 aromatic heterocycles. The summed E-state index contributed by atoms with van der Waals surface area (Å²) in [6.45, 7) is -5.25. The fraction of sp³-hybridized carbons (Fsp3) is 0.111. The number of hydrogen-bond acceptors (Lipinski definition) is 3. The van der Waals surface area contributed by atoms with Crippen LogP contribution < -0.4 is 56.8 Å². The van der Waals surface area contributed by atoms with Gasteiger partial charge in [-0.1, -0.05) is 29.4 Å². The van der Waals surface area contributed by atoms with Gasteiger partial charge in [0.1, 0.15) is 0 Å². The minimum Gasteiger partial charge on any atom is -0.445 e. The zero-order valence-corrected chi connectivity index (χ0v) is 13.1. The number of alkyl halides is 3. The van der Waals surface area contributed by atoms with Crippen LogP contribution in [0.1, 0.15) is 5.89 Å². The minimum absolute atomic E-state index is 0. The number of rotatable bonds is 2. The van der Waals surface area contributed by atoms with Crippen LogP contribution in [-0.2, 0) is 6.18 Å². The Kier molecular flexibility index (Phi) is 5.47. The van der Waals surface area contributed by atoms with Crippen LogP contribution in [0.3, 0.4) is 0 Å². The van der Waals surface area contributed by atoms with Crippen LogP contribution in [0.5, 0.6) is 0 Å². The Morgan fingerprint density at radius 1 is 1.10 bits per heavy atom. The third-order valence-corrected chi connectivity index (χ3v) is 2.19. The predicted molar refractivity (Wildman–Crippen MR) is 53.4 cm³/mol. The Balaban J connectivity index is 0.00000200. The van der Waals surface area contributed by atoms with E-state index >= 15 is 0 Å². The Hall–Kier alpha value is -0.359. The fourth-order valence-electron chi connectivity index (χ4n) is 1.34. The SMILES string of the molecule is F[B-](F)(F)c1cccc(-c2noc(C(F)(F)F)n2)c1.[K+]. The second kappa shape index (κ2) is 6.18. The Morgan fingerprint density at radius 3 is 2.25 bits per heavy atom. The van der Waals surface area contributed by atoms with E-state index in [0.717, 1.165) is 18.2 Å². The van der Waals surface area contributed by atoms with Gasteiger partial charge in [-0.15, -0.1) is 5.46 Å². The van der Waals surface area contributed by atoms with Crippen molar-refractivity contribution in [2.24, 2.45) is 0 Å². The molecule has 0 amide bonds. The van der Waals surface area contributed by atoms with Gasteiger partial charge in [0, 0.05) is 5.56 Å². The second-order valence-electron chi connectivity index (χ2n) is 3.62. The van der Waals surface area contributed by atoms with Crippen molar-refractivity contribution in [3.63, 3.8) is 0 Å². The van der Waals surface area contributed by atoms with E-state index < -0.39 is 30.3 Å². The van der Waals surface area contributed by atoms with Gasteiger partial charge in [0.15, 0.2) is 0 Å². The summed E-state index contributed by atoms with van der Waals surface area (Å²) in [5, 5.41) is 3.01. The van der Waals surface area contributed by atoms with Crippen molar-refractivity contribution in [2.45, 2.75) is 6.18 Å². The van der Waals surface area contributed by atoms with Gasteiger partial charge >= 0.3 is 70.4 Å². The maximum Gasteiger partial charge on any atom is 1.00 e. The number of aromatic nitrogens is 2. The topological polar surface area (TPSA) is 38.9 Å². The molecule has 3 nitrogen and oxygen atoms in total. The molecule has 0 radical (unpaired) electrons. The smallest absolute Gasteiger partial charge is 0.445 e. The summed E-state index contributed by atoms with van der Waals surface area (Å²) in [6.07, 6.45) is -4.84. The van der Waals surface area contributed by atoms with E-state index in [4.69, 9.17) is 0 Å². The molecular formula is C9H4BF6KN2O. The number of halogens is 6. The molecule has 1 heterocycles. The molecule has 0 saturated carbocycles. The first-order valence-electron chi connectivity index (χ1n) is 4.89. The first-order valence-corrected chi connectivity index (χ1v) is 4.89. The molecule has 0 N–H and O–H groups in total. The van der Waals surface area contributed by atoms with Gasteiger partial charge in [-0.3, -0.25) is 0 Å². The van der Waals surface area contributed by atoms with Crippen molar-refractivity contribution in [1.29, 1.82) is 0 Å². The average molecular weight is 320 g/mol. The molecule has 0 aliphatic rings. The summed E-state index contributed by atoms with van der Waals surface area (Å²) in [6, 6.07) is 3.71. The van der Waals surface area contributed by atoms with Crippen LogP contribution in [0, 0.1) is 0 Å². The third kappa shape index (κ3) is 4.07. The van der Waals surface area contributed by atoms with Crippen molar-refractivity contribution in [3.05, 3.63) is 30.2 Å². The fourth-order valence-corrected chi connectivity index (χ4v) is 1.34. The predicted octanol–water partition coefficient (Wildman–Crippen LogP) is -0.186. The van der Waals surface area contributed by atoms with Crippen molar-refractivity contribution >= 4 is 12.4 Å². The quantitative estimate of drug-likeness (QED) is 0.569.